The maximum atomic E-state index is 11.9. The van der Waals surface area contributed by atoms with Crippen LogP contribution in [0.2, 0.25) is 0 Å². The van der Waals surface area contributed by atoms with E-state index in [0.717, 1.165) is 33.9 Å². The Balaban J connectivity index is 1.76. The number of nitrogens with one attached hydrogen (secondary N) is 1. The van der Waals surface area contributed by atoms with Crippen LogP contribution in [0, 0.1) is 0 Å². The molecule has 2 aromatic heterocycles. The second kappa shape index (κ2) is 6.15. The van der Waals surface area contributed by atoms with Crippen LogP contribution in [-0.4, -0.2) is 15.3 Å². The summed E-state index contributed by atoms with van der Waals surface area (Å²) in [5.74, 6) is -0.0582. The van der Waals surface area contributed by atoms with E-state index in [1.807, 2.05) is 66.4 Å². The summed E-state index contributed by atoms with van der Waals surface area (Å²) in [6, 6.07) is 7.75. The minimum absolute atomic E-state index is 0.0582. The van der Waals surface area contributed by atoms with E-state index in [4.69, 9.17) is 0 Å². The van der Waals surface area contributed by atoms with E-state index >= 15 is 0 Å². The van der Waals surface area contributed by atoms with Crippen LogP contribution in [0.25, 0.3) is 16.2 Å². The van der Waals surface area contributed by atoms with Gasteiger partial charge in [-0.1, -0.05) is 25.1 Å². The molecule has 22 heavy (non-hydrogen) atoms. The molecule has 0 saturated heterocycles. The quantitative estimate of drug-likeness (QED) is 0.728. The first-order chi connectivity index (χ1) is 10.7. The van der Waals surface area contributed by atoms with Crippen LogP contribution >= 0.6 is 11.3 Å². The van der Waals surface area contributed by atoms with Gasteiger partial charge in [-0.3, -0.25) is 9.20 Å². The molecule has 3 rings (SSSR count). The Bertz CT molecular complexity index is 799. The molecule has 0 spiro atoms. The zero-order chi connectivity index (χ0) is 15.5. The van der Waals surface area contributed by atoms with Crippen molar-refractivity contribution in [1.29, 1.82) is 0 Å². The number of carbonyl (C=O) groups is 1. The lowest BCUT2D eigenvalue weighted by Gasteiger charge is -2.06. The van der Waals surface area contributed by atoms with E-state index in [-0.39, 0.29) is 5.91 Å². The van der Waals surface area contributed by atoms with Crippen LogP contribution < -0.4 is 5.32 Å². The molecule has 2 heterocycles. The average molecular weight is 311 g/mol. The Morgan fingerprint density at radius 2 is 2.14 bits per heavy atom. The standard InChI is InChI=1S/C17H17N3OS/c1-3-4-12(2)16(21)18-14-7-5-13(6-8-14)15-11-20-9-10-22-17(20)19-15/h4-11H,3H2,1-2H3,(H,18,21). The third-order valence-electron chi connectivity index (χ3n) is 3.40. The number of aromatic nitrogens is 2. The number of benzene rings is 1. The number of hydrogen-bond acceptors (Lipinski definition) is 3. The second-order valence-corrected chi connectivity index (χ2v) is 5.92. The molecular formula is C17H17N3OS. The highest BCUT2D eigenvalue weighted by Gasteiger charge is 2.07. The molecule has 0 aliphatic carbocycles. The predicted octanol–water partition coefficient (Wildman–Crippen LogP) is 4.36. The normalized spacial score (nSPS) is 11.8. The predicted molar refractivity (Wildman–Crippen MR) is 91.2 cm³/mol. The summed E-state index contributed by atoms with van der Waals surface area (Å²) in [5, 5.41) is 4.91. The number of fused-ring (bicyclic) bond motifs is 1. The summed E-state index contributed by atoms with van der Waals surface area (Å²) in [6.07, 6.45) is 6.78. The number of allylic oxidation sites excluding steroid dienone is 1. The van der Waals surface area contributed by atoms with Crippen LogP contribution in [-0.2, 0) is 4.79 Å². The molecule has 0 unspecified atom stereocenters. The van der Waals surface area contributed by atoms with Crippen molar-refractivity contribution in [3.8, 4) is 11.3 Å². The largest absolute Gasteiger partial charge is 0.322 e. The molecule has 0 aliphatic heterocycles. The third kappa shape index (κ3) is 2.94. The molecule has 0 radical (unpaired) electrons. The number of nitrogens with zero attached hydrogens (tertiary/aromatic N) is 2. The molecule has 1 aromatic carbocycles. The van der Waals surface area contributed by atoms with Gasteiger partial charge in [0.2, 0.25) is 0 Å². The zero-order valence-corrected chi connectivity index (χ0v) is 13.4. The Hall–Kier alpha value is -2.40. The van der Waals surface area contributed by atoms with Crippen molar-refractivity contribution in [2.24, 2.45) is 0 Å². The molecule has 1 amide bonds. The topological polar surface area (TPSA) is 46.4 Å². The highest BCUT2D eigenvalue weighted by atomic mass is 32.1. The molecule has 0 atom stereocenters. The van der Waals surface area contributed by atoms with E-state index in [1.165, 1.54) is 0 Å². The maximum absolute atomic E-state index is 11.9. The van der Waals surface area contributed by atoms with Gasteiger partial charge in [-0.05, 0) is 25.5 Å². The Labute approximate surface area is 133 Å². The van der Waals surface area contributed by atoms with Gasteiger partial charge < -0.3 is 5.32 Å². The van der Waals surface area contributed by atoms with Gasteiger partial charge in [0.15, 0.2) is 4.96 Å². The monoisotopic (exact) mass is 311 g/mol. The van der Waals surface area contributed by atoms with Gasteiger partial charge in [0, 0.05) is 34.6 Å². The lowest BCUT2D eigenvalue weighted by molar-refractivity contribution is -0.112. The van der Waals surface area contributed by atoms with Crippen molar-refractivity contribution < 1.29 is 4.79 Å². The Morgan fingerprint density at radius 3 is 2.82 bits per heavy atom. The van der Waals surface area contributed by atoms with Crippen LogP contribution in [0.15, 0.2) is 53.7 Å². The molecule has 0 bridgehead atoms. The minimum atomic E-state index is -0.0582. The lowest BCUT2D eigenvalue weighted by atomic mass is 10.1. The van der Waals surface area contributed by atoms with Gasteiger partial charge in [-0.15, -0.1) is 11.3 Å². The summed E-state index contributed by atoms with van der Waals surface area (Å²) < 4.78 is 2.01. The number of thiazole rings is 1. The lowest BCUT2D eigenvalue weighted by Crippen LogP contribution is -2.12. The van der Waals surface area contributed by atoms with E-state index in [1.54, 1.807) is 11.3 Å². The number of anilines is 1. The number of carbonyl (C=O) groups excluding carboxylic acids is 1. The zero-order valence-electron chi connectivity index (χ0n) is 12.5. The highest BCUT2D eigenvalue weighted by molar-refractivity contribution is 7.15. The SMILES string of the molecule is CCC=C(C)C(=O)Nc1ccc(-c2cn3ccsc3n2)cc1. The number of hydrogen-bond donors (Lipinski definition) is 1. The van der Waals surface area contributed by atoms with Crippen molar-refractivity contribution in [2.45, 2.75) is 20.3 Å². The van der Waals surface area contributed by atoms with Crippen molar-refractivity contribution in [3.63, 3.8) is 0 Å². The van der Waals surface area contributed by atoms with Crippen LogP contribution in [0.5, 0.6) is 0 Å². The minimum Gasteiger partial charge on any atom is -0.322 e. The van der Waals surface area contributed by atoms with Gasteiger partial charge in [0.1, 0.15) is 0 Å². The molecule has 1 N–H and O–H groups in total. The van der Waals surface area contributed by atoms with Crippen molar-refractivity contribution >= 4 is 27.9 Å². The first-order valence-electron chi connectivity index (χ1n) is 7.18. The van der Waals surface area contributed by atoms with Gasteiger partial charge in [0.05, 0.1) is 5.69 Å². The van der Waals surface area contributed by atoms with Crippen molar-refractivity contribution in [2.75, 3.05) is 5.32 Å². The fraction of sp³-hybridized carbons (Fsp3) is 0.176. The molecule has 0 saturated carbocycles. The second-order valence-electron chi connectivity index (χ2n) is 5.05. The molecule has 3 aromatic rings. The molecule has 0 aliphatic rings. The number of amides is 1. The third-order valence-corrected chi connectivity index (χ3v) is 4.17. The van der Waals surface area contributed by atoms with Gasteiger partial charge >= 0.3 is 0 Å². The van der Waals surface area contributed by atoms with E-state index in [2.05, 4.69) is 10.3 Å². The smallest absolute Gasteiger partial charge is 0.250 e. The first kappa shape index (κ1) is 14.5. The fourth-order valence-electron chi connectivity index (χ4n) is 2.22. The van der Waals surface area contributed by atoms with Crippen LogP contribution in [0.4, 0.5) is 5.69 Å². The summed E-state index contributed by atoms with van der Waals surface area (Å²) in [4.78, 5) is 17.5. The summed E-state index contributed by atoms with van der Waals surface area (Å²) in [7, 11) is 0. The number of rotatable bonds is 4. The van der Waals surface area contributed by atoms with Crippen LogP contribution in [0.1, 0.15) is 20.3 Å². The fourth-order valence-corrected chi connectivity index (χ4v) is 2.92. The first-order valence-corrected chi connectivity index (χ1v) is 8.06. The maximum Gasteiger partial charge on any atom is 0.250 e. The highest BCUT2D eigenvalue weighted by Crippen LogP contribution is 2.23. The summed E-state index contributed by atoms with van der Waals surface area (Å²) >= 11 is 1.61. The van der Waals surface area contributed by atoms with Gasteiger partial charge in [-0.25, -0.2) is 4.98 Å². The van der Waals surface area contributed by atoms with Gasteiger partial charge in [0.25, 0.3) is 5.91 Å². The van der Waals surface area contributed by atoms with Gasteiger partial charge in [-0.2, -0.15) is 0 Å². The van der Waals surface area contributed by atoms with E-state index in [0.29, 0.717) is 0 Å². The Morgan fingerprint density at radius 1 is 1.36 bits per heavy atom. The van der Waals surface area contributed by atoms with E-state index in [9.17, 15) is 4.79 Å². The Kier molecular flexibility index (Phi) is 4.06. The molecule has 112 valence electrons. The average Bonchev–Trinajstić information content (AvgIpc) is 3.09. The molecule has 5 heteroatoms. The van der Waals surface area contributed by atoms with E-state index < -0.39 is 0 Å². The molecular weight excluding hydrogens is 294 g/mol. The number of imidazole rings is 1. The van der Waals surface area contributed by atoms with Crippen molar-refractivity contribution in [3.05, 3.63) is 53.7 Å². The van der Waals surface area contributed by atoms with Crippen molar-refractivity contribution in [1.82, 2.24) is 9.38 Å². The van der Waals surface area contributed by atoms with Crippen LogP contribution in [0.3, 0.4) is 0 Å². The summed E-state index contributed by atoms with van der Waals surface area (Å²) in [6.45, 7) is 3.84. The summed E-state index contributed by atoms with van der Waals surface area (Å²) in [5.41, 5.74) is 3.50. The molecule has 4 nitrogen and oxygen atoms in total. The molecule has 0 fully saturated rings.